The van der Waals surface area contributed by atoms with Crippen molar-refractivity contribution in [1.29, 1.82) is 0 Å². The molecule has 0 radical (unpaired) electrons. The molecular formula is C11H8BrClN2S. The quantitative estimate of drug-likeness (QED) is 0.783. The maximum absolute atomic E-state index is 6.10. The molecule has 1 N–H and O–H groups in total. The normalized spacial score (nSPS) is 10.4. The number of aryl methyl sites for hydroxylation is 1. The minimum Gasteiger partial charge on any atom is -0.342 e. The maximum Gasteiger partial charge on any atom is 0.144 e. The summed E-state index contributed by atoms with van der Waals surface area (Å²) >= 11 is 14.6. The fourth-order valence-electron chi connectivity index (χ4n) is 1.35. The number of rotatable bonds is 1. The van der Waals surface area contributed by atoms with Crippen LogP contribution in [0.15, 0.2) is 28.7 Å². The Morgan fingerprint density at radius 2 is 2.06 bits per heavy atom. The van der Waals surface area contributed by atoms with E-state index in [0.717, 1.165) is 15.7 Å². The molecule has 0 amide bonds. The van der Waals surface area contributed by atoms with Gasteiger partial charge in [0.25, 0.3) is 0 Å². The standard InChI is InChI=1S/C11H8BrClN2S/c1-6-9(12)11(16)15-10(14-6)7-4-2-3-5-8(7)13/h2-5H,1H3,(H,14,15,16). The van der Waals surface area contributed by atoms with Gasteiger partial charge in [0.2, 0.25) is 0 Å². The third-order valence-electron chi connectivity index (χ3n) is 2.17. The number of H-pyrrole nitrogens is 1. The summed E-state index contributed by atoms with van der Waals surface area (Å²) < 4.78 is 1.35. The van der Waals surface area contributed by atoms with Gasteiger partial charge in [-0.25, -0.2) is 4.98 Å². The van der Waals surface area contributed by atoms with Crippen molar-refractivity contribution in [1.82, 2.24) is 9.97 Å². The van der Waals surface area contributed by atoms with E-state index in [1.807, 2.05) is 31.2 Å². The minimum atomic E-state index is 0.533. The molecule has 0 saturated heterocycles. The Morgan fingerprint density at radius 1 is 1.38 bits per heavy atom. The molecule has 1 aromatic carbocycles. The molecule has 1 heterocycles. The summed E-state index contributed by atoms with van der Waals surface area (Å²) in [5.41, 5.74) is 1.79. The van der Waals surface area contributed by atoms with Gasteiger partial charge in [0.1, 0.15) is 10.5 Å². The van der Waals surface area contributed by atoms with Crippen molar-refractivity contribution in [2.75, 3.05) is 0 Å². The van der Waals surface area contributed by atoms with Gasteiger partial charge in [-0.05, 0) is 35.0 Å². The van der Waals surface area contributed by atoms with Crippen molar-refractivity contribution in [3.8, 4) is 11.4 Å². The predicted octanol–water partition coefficient (Wildman–Crippen LogP) is 4.53. The zero-order chi connectivity index (χ0) is 11.7. The van der Waals surface area contributed by atoms with Crippen LogP contribution in [-0.4, -0.2) is 9.97 Å². The average Bonchev–Trinajstić information content (AvgIpc) is 2.26. The Hall–Kier alpha value is -0.710. The molecule has 0 spiro atoms. The second-order valence-electron chi connectivity index (χ2n) is 3.31. The van der Waals surface area contributed by atoms with E-state index < -0.39 is 0 Å². The van der Waals surface area contributed by atoms with Gasteiger partial charge >= 0.3 is 0 Å². The number of aromatic nitrogens is 2. The highest BCUT2D eigenvalue weighted by atomic mass is 79.9. The molecule has 0 aliphatic heterocycles. The summed E-state index contributed by atoms with van der Waals surface area (Å²) in [5.74, 6) is 0.691. The number of hydrogen-bond acceptors (Lipinski definition) is 2. The summed E-state index contributed by atoms with van der Waals surface area (Å²) in [6.45, 7) is 1.93. The Morgan fingerprint density at radius 3 is 2.69 bits per heavy atom. The number of nitrogens with one attached hydrogen (secondary N) is 1. The van der Waals surface area contributed by atoms with Crippen LogP contribution >= 0.6 is 39.7 Å². The Kier molecular flexibility index (Phi) is 3.42. The topological polar surface area (TPSA) is 28.7 Å². The lowest BCUT2D eigenvalue weighted by atomic mass is 10.2. The average molecular weight is 316 g/mol. The van der Waals surface area contributed by atoms with Crippen LogP contribution in [0.5, 0.6) is 0 Å². The molecule has 5 heteroatoms. The Labute approximate surface area is 112 Å². The van der Waals surface area contributed by atoms with Gasteiger partial charge in [-0.2, -0.15) is 0 Å². The zero-order valence-electron chi connectivity index (χ0n) is 8.42. The molecule has 0 aliphatic rings. The van der Waals surface area contributed by atoms with Crippen LogP contribution in [0.25, 0.3) is 11.4 Å². The van der Waals surface area contributed by atoms with Crippen molar-refractivity contribution in [2.24, 2.45) is 0 Å². The molecule has 0 unspecified atom stereocenters. The monoisotopic (exact) mass is 314 g/mol. The lowest BCUT2D eigenvalue weighted by molar-refractivity contribution is 1.08. The first-order valence-electron chi connectivity index (χ1n) is 4.61. The lowest BCUT2D eigenvalue weighted by Crippen LogP contribution is -1.94. The number of benzene rings is 1. The van der Waals surface area contributed by atoms with Gasteiger partial charge in [-0.15, -0.1) is 0 Å². The van der Waals surface area contributed by atoms with E-state index >= 15 is 0 Å². The van der Waals surface area contributed by atoms with Gasteiger partial charge in [0, 0.05) is 11.3 Å². The smallest absolute Gasteiger partial charge is 0.144 e. The van der Waals surface area contributed by atoms with E-state index in [4.69, 9.17) is 23.8 Å². The molecule has 2 nitrogen and oxygen atoms in total. The summed E-state index contributed by atoms with van der Waals surface area (Å²) in [4.78, 5) is 7.46. The highest BCUT2D eigenvalue weighted by Gasteiger charge is 2.07. The highest BCUT2D eigenvalue weighted by molar-refractivity contribution is 9.10. The van der Waals surface area contributed by atoms with E-state index in [-0.39, 0.29) is 0 Å². The first-order chi connectivity index (χ1) is 7.59. The number of nitrogens with zero attached hydrogens (tertiary/aromatic N) is 1. The zero-order valence-corrected chi connectivity index (χ0v) is 11.6. The van der Waals surface area contributed by atoms with Crippen LogP contribution in [0, 0.1) is 11.6 Å². The molecular weight excluding hydrogens is 308 g/mol. The largest absolute Gasteiger partial charge is 0.342 e. The molecule has 2 aromatic rings. The van der Waals surface area contributed by atoms with Gasteiger partial charge in [0.05, 0.1) is 9.50 Å². The second-order valence-corrected chi connectivity index (χ2v) is 4.90. The fraction of sp³-hybridized carbons (Fsp3) is 0.0909. The predicted molar refractivity (Wildman–Crippen MR) is 72.3 cm³/mol. The van der Waals surface area contributed by atoms with Crippen molar-refractivity contribution in [3.63, 3.8) is 0 Å². The number of halogens is 2. The SMILES string of the molecule is Cc1[nH]c(-c2ccccc2Cl)nc(=S)c1Br. The van der Waals surface area contributed by atoms with Crippen molar-refractivity contribution in [2.45, 2.75) is 6.92 Å². The molecule has 82 valence electrons. The second kappa shape index (κ2) is 4.65. The molecule has 0 fully saturated rings. The Balaban J connectivity index is 2.67. The van der Waals surface area contributed by atoms with Crippen molar-refractivity contribution < 1.29 is 0 Å². The first-order valence-corrected chi connectivity index (χ1v) is 6.19. The van der Waals surface area contributed by atoms with E-state index in [0.29, 0.717) is 15.5 Å². The molecule has 0 saturated carbocycles. The van der Waals surface area contributed by atoms with Gasteiger partial charge in [-0.3, -0.25) is 0 Å². The maximum atomic E-state index is 6.10. The van der Waals surface area contributed by atoms with E-state index in [2.05, 4.69) is 25.9 Å². The molecule has 0 aliphatic carbocycles. The van der Waals surface area contributed by atoms with Gasteiger partial charge in [0.15, 0.2) is 0 Å². The molecule has 0 atom stereocenters. The van der Waals surface area contributed by atoms with Crippen LogP contribution in [0.2, 0.25) is 5.02 Å². The molecule has 0 bridgehead atoms. The third kappa shape index (κ3) is 2.19. The minimum absolute atomic E-state index is 0.533. The van der Waals surface area contributed by atoms with Gasteiger partial charge < -0.3 is 4.98 Å². The third-order valence-corrected chi connectivity index (χ3v) is 4.02. The van der Waals surface area contributed by atoms with Crippen LogP contribution in [0.4, 0.5) is 0 Å². The van der Waals surface area contributed by atoms with Gasteiger partial charge in [-0.1, -0.05) is 36.0 Å². The summed E-state index contributed by atoms with van der Waals surface area (Å²) in [7, 11) is 0. The summed E-state index contributed by atoms with van der Waals surface area (Å²) in [5, 5.41) is 0.655. The number of hydrogen-bond donors (Lipinski definition) is 1. The summed E-state index contributed by atoms with van der Waals surface area (Å²) in [6.07, 6.45) is 0. The fourth-order valence-corrected chi connectivity index (χ4v) is 2.01. The van der Waals surface area contributed by atoms with Crippen LogP contribution < -0.4 is 0 Å². The Bertz CT molecular complexity index is 595. The first kappa shape index (κ1) is 11.8. The van der Waals surface area contributed by atoms with Crippen molar-refractivity contribution >= 4 is 39.7 Å². The highest BCUT2D eigenvalue weighted by Crippen LogP contribution is 2.26. The van der Waals surface area contributed by atoms with E-state index in [9.17, 15) is 0 Å². The molecule has 2 rings (SSSR count). The molecule has 16 heavy (non-hydrogen) atoms. The molecule has 1 aromatic heterocycles. The van der Waals surface area contributed by atoms with E-state index in [1.54, 1.807) is 0 Å². The lowest BCUT2D eigenvalue weighted by Gasteiger charge is -2.06. The van der Waals surface area contributed by atoms with Crippen LogP contribution in [-0.2, 0) is 0 Å². The van der Waals surface area contributed by atoms with Crippen LogP contribution in [0.1, 0.15) is 5.69 Å². The van der Waals surface area contributed by atoms with Crippen molar-refractivity contribution in [3.05, 3.63) is 44.1 Å². The van der Waals surface area contributed by atoms with Crippen LogP contribution in [0.3, 0.4) is 0 Å². The number of aromatic amines is 1. The summed E-state index contributed by atoms with van der Waals surface area (Å²) in [6, 6.07) is 7.53. The van der Waals surface area contributed by atoms with E-state index in [1.165, 1.54) is 0 Å².